The van der Waals surface area contributed by atoms with Crippen LogP contribution in [0.1, 0.15) is 28.4 Å². The number of hydrogen-bond donors (Lipinski definition) is 0. The van der Waals surface area contributed by atoms with Crippen LogP contribution in [-0.4, -0.2) is 5.78 Å². The lowest BCUT2D eigenvalue weighted by Crippen LogP contribution is -1.90. The molecule has 88 valence electrons. The third kappa shape index (κ3) is 5.12. The number of Topliss-reactive ketones (excluding diaryl/α,β-unsaturated/α-hetero) is 1. The molecule has 1 heteroatoms. The van der Waals surface area contributed by atoms with Crippen LogP contribution in [0.4, 0.5) is 0 Å². The standard InChI is InChI=1S/C9H10O.C7H8/c1-7-3-5-9(6-4-7)8(2)10;1-7-5-3-2-4-6-7/h3-6H,1-2H3;2-6H,1H3. The maximum Gasteiger partial charge on any atom is 0.159 e. The molecule has 0 radical (unpaired) electrons. The van der Waals surface area contributed by atoms with E-state index in [-0.39, 0.29) is 5.78 Å². The van der Waals surface area contributed by atoms with Crippen LogP contribution < -0.4 is 0 Å². The van der Waals surface area contributed by atoms with E-state index in [0.717, 1.165) is 5.56 Å². The van der Waals surface area contributed by atoms with Gasteiger partial charge in [-0.1, -0.05) is 65.7 Å². The summed E-state index contributed by atoms with van der Waals surface area (Å²) >= 11 is 0. The highest BCUT2D eigenvalue weighted by atomic mass is 16.1. The second kappa shape index (κ2) is 6.64. The minimum absolute atomic E-state index is 0.125. The third-order valence-electron chi connectivity index (χ3n) is 2.40. The number of carbonyl (C=O) groups excluding carboxylic acids is 1. The summed E-state index contributed by atoms with van der Waals surface area (Å²) in [4.78, 5) is 10.8. The zero-order chi connectivity index (χ0) is 12.7. The van der Waals surface area contributed by atoms with Crippen molar-refractivity contribution in [3.63, 3.8) is 0 Å². The Labute approximate surface area is 103 Å². The van der Waals surface area contributed by atoms with Gasteiger partial charge >= 0.3 is 0 Å². The van der Waals surface area contributed by atoms with Gasteiger partial charge in [-0.15, -0.1) is 0 Å². The van der Waals surface area contributed by atoms with E-state index in [0.29, 0.717) is 0 Å². The quantitative estimate of drug-likeness (QED) is 0.666. The highest BCUT2D eigenvalue weighted by molar-refractivity contribution is 5.93. The first kappa shape index (κ1) is 13.2. The SMILES string of the molecule is CC(=O)c1ccc(C)cc1.Cc1ccccc1. The molecule has 0 spiro atoms. The number of aryl methyl sites for hydroxylation is 2. The number of ketones is 1. The monoisotopic (exact) mass is 226 g/mol. The number of rotatable bonds is 1. The van der Waals surface area contributed by atoms with Gasteiger partial charge in [-0.2, -0.15) is 0 Å². The van der Waals surface area contributed by atoms with E-state index in [9.17, 15) is 4.79 Å². The summed E-state index contributed by atoms with van der Waals surface area (Å²) in [5.74, 6) is 0.125. The molecule has 17 heavy (non-hydrogen) atoms. The van der Waals surface area contributed by atoms with Crippen LogP contribution in [0.15, 0.2) is 54.6 Å². The molecular formula is C16H18O. The molecular weight excluding hydrogens is 208 g/mol. The van der Waals surface area contributed by atoms with Gasteiger partial charge in [0.05, 0.1) is 0 Å². The summed E-state index contributed by atoms with van der Waals surface area (Å²) in [7, 11) is 0. The van der Waals surface area contributed by atoms with Crippen molar-refractivity contribution < 1.29 is 4.79 Å². The first-order valence-electron chi connectivity index (χ1n) is 5.69. The molecule has 0 saturated heterocycles. The van der Waals surface area contributed by atoms with Crippen molar-refractivity contribution in [2.75, 3.05) is 0 Å². The Morgan fingerprint density at radius 1 is 0.765 bits per heavy atom. The fourth-order valence-corrected chi connectivity index (χ4v) is 1.32. The molecule has 0 N–H and O–H groups in total. The van der Waals surface area contributed by atoms with Gasteiger partial charge < -0.3 is 0 Å². The van der Waals surface area contributed by atoms with Gasteiger partial charge in [-0.05, 0) is 20.8 Å². The Hall–Kier alpha value is -1.89. The molecule has 0 bridgehead atoms. The normalized spacial score (nSPS) is 9.12. The average Bonchev–Trinajstić information content (AvgIpc) is 2.31. The number of carbonyl (C=O) groups is 1. The van der Waals surface area contributed by atoms with E-state index in [4.69, 9.17) is 0 Å². The van der Waals surface area contributed by atoms with Crippen molar-refractivity contribution in [3.05, 3.63) is 71.3 Å². The molecule has 0 amide bonds. The summed E-state index contributed by atoms with van der Waals surface area (Å²) in [6, 6.07) is 17.8. The van der Waals surface area contributed by atoms with Crippen LogP contribution in [0, 0.1) is 13.8 Å². The molecule has 0 unspecified atom stereocenters. The van der Waals surface area contributed by atoms with Crippen LogP contribution in [0.3, 0.4) is 0 Å². The van der Waals surface area contributed by atoms with Gasteiger partial charge in [0.2, 0.25) is 0 Å². The van der Waals surface area contributed by atoms with Crippen molar-refractivity contribution in [1.82, 2.24) is 0 Å². The van der Waals surface area contributed by atoms with Crippen LogP contribution in [0.5, 0.6) is 0 Å². The zero-order valence-corrected chi connectivity index (χ0v) is 10.6. The second-order valence-electron chi connectivity index (χ2n) is 4.08. The summed E-state index contributed by atoms with van der Waals surface area (Å²) in [5.41, 5.74) is 3.29. The third-order valence-corrected chi connectivity index (χ3v) is 2.40. The Morgan fingerprint density at radius 3 is 1.59 bits per heavy atom. The molecule has 2 aromatic carbocycles. The van der Waals surface area contributed by atoms with Gasteiger partial charge in [0, 0.05) is 5.56 Å². The van der Waals surface area contributed by atoms with Gasteiger partial charge in [0.25, 0.3) is 0 Å². The lowest BCUT2D eigenvalue weighted by molar-refractivity contribution is 0.101. The summed E-state index contributed by atoms with van der Waals surface area (Å²) < 4.78 is 0. The molecule has 0 aliphatic carbocycles. The highest BCUT2D eigenvalue weighted by Gasteiger charge is 1.95. The predicted octanol–water partition coefficient (Wildman–Crippen LogP) is 4.19. The fraction of sp³-hybridized carbons (Fsp3) is 0.188. The Morgan fingerprint density at radius 2 is 1.24 bits per heavy atom. The van der Waals surface area contributed by atoms with Crippen molar-refractivity contribution >= 4 is 5.78 Å². The first-order chi connectivity index (χ1) is 8.09. The van der Waals surface area contributed by atoms with Crippen LogP contribution >= 0.6 is 0 Å². The Kier molecular flexibility index (Phi) is 5.15. The second-order valence-corrected chi connectivity index (χ2v) is 4.08. The van der Waals surface area contributed by atoms with E-state index in [1.165, 1.54) is 11.1 Å². The average molecular weight is 226 g/mol. The fourth-order valence-electron chi connectivity index (χ4n) is 1.32. The molecule has 0 fully saturated rings. The maximum atomic E-state index is 10.8. The predicted molar refractivity (Wildman–Crippen MR) is 72.4 cm³/mol. The van der Waals surface area contributed by atoms with Gasteiger partial charge in [0.15, 0.2) is 5.78 Å². The Balaban J connectivity index is 0.000000181. The van der Waals surface area contributed by atoms with Crippen molar-refractivity contribution in [3.8, 4) is 0 Å². The van der Waals surface area contributed by atoms with Gasteiger partial charge in [-0.3, -0.25) is 4.79 Å². The number of hydrogen-bond acceptors (Lipinski definition) is 1. The maximum absolute atomic E-state index is 10.8. The van der Waals surface area contributed by atoms with Crippen LogP contribution in [0.2, 0.25) is 0 Å². The highest BCUT2D eigenvalue weighted by Crippen LogP contribution is 2.02. The summed E-state index contributed by atoms with van der Waals surface area (Å²) in [6.45, 7) is 5.66. The summed E-state index contributed by atoms with van der Waals surface area (Å²) in [5, 5.41) is 0. The molecule has 0 aromatic heterocycles. The van der Waals surface area contributed by atoms with E-state index < -0.39 is 0 Å². The minimum atomic E-state index is 0.125. The molecule has 0 aliphatic heterocycles. The van der Waals surface area contributed by atoms with Gasteiger partial charge in [-0.25, -0.2) is 0 Å². The Bertz CT molecular complexity index is 455. The molecule has 0 saturated carbocycles. The lowest BCUT2D eigenvalue weighted by Gasteiger charge is -1.93. The molecule has 0 aliphatic rings. The molecule has 0 atom stereocenters. The molecule has 2 rings (SSSR count). The van der Waals surface area contributed by atoms with E-state index in [2.05, 4.69) is 19.1 Å². The van der Waals surface area contributed by atoms with Crippen LogP contribution in [0.25, 0.3) is 0 Å². The van der Waals surface area contributed by atoms with E-state index in [1.807, 2.05) is 49.4 Å². The molecule has 0 heterocycles. The lowest BCUT2D eigenvalue weighted by atomic mass is 10.1. The summed E-state index contributed by atoms with van der Waals surface area (Å²) in [6.07, 6.45) is 0. The van der Waals surface area contributed by atoms with Gasteiger partial charge in [0.1, 0.15) is 0 Å². The van der Waals surface area contributed by atoms with E-state index in [1.54, 1.807) is 6.92 Å². The first-order valence-corrected chi connectivity index (χ1v) is 5.69. The van der Waals surface area contributed by atoms with E-state index >= 15 is 0 Å². The molecule has 1 nitrogen and oxygen atoms in total. The number of benzene rings is 2. The topological polar surface area (TPSA) is 17.1 Å². The van der Waals surface area contributed by atoms with Crippen molar-refractivity contribution in [1.29, 1.82) is 0 Å². The molecule has 2 aromatic rings. The van der Waals surface area contributed by atoms with Crippen molar-refractivity contribution in [2.45, 2.75) is 20.8 Å². The largest absolute Gasteiger partial charge is 0.295 e. The zero-order valence-electron chi connectivity index (χ0n) is 10.6. The smallest absolute Gasteiger partial charge is 0.159 e. The van der Waals surface area contributed by atoms with Crippen molar-refractivity contribution in [2.24, 2.45) is 0 Å². The van der Waals surface area contributed by atoms with Crippen LogP contribution in [-0.2, 0) is 0 Å². The minimum Gasteiger partial charge on any atom is -0.295 e.